The molecule has 0 aliphatic heterocycles. The highest BCUT2D eigenvalue weighted by Gasteiger charge is 2.07. The van der Waals surface area contributed by atoms with Crippen LogP contribution in [0.1, 0.15) is 5.69 Å². The first-order valence-corrected chi connectivity index (χ1v) is 7.73. The smallest absolute Gasteiger partial charge is 0.225 e. The average molecular weight is 291 g/mol. The van der Waals surface area contributed by atoms with E-state index in [1.807, 2.05) is 24.0 Å². The second kappa shape index (κ2) is 5.50. The molecule has 19 heavy (non-hydrogen) atoms. The molecule has 0 saturated heterocycles. The van der Waals surface area contributed by atoms with Crippen molar-refractivity contribution in [1.29, 1.82) is 0 Å². The Morgan fingerprint density at radius 2 is 2.26 bits per heavy atom. The average Bonchev–Trinajstić information content (AvgIpc) is 3.08. The number of anilines is 2. The summed E-state index contributed by atoms with van der Waals surface area (Å²) in [6, 6.07) is 2.05. The summed E-state index contributed by atoms with van der Waals surface area (Å²) >= 11 is 3.24. The fourth-order valence-corrected chi connectivity index (χ4v) is 3.13. The van der Waals surface area contributed by atoms with Gasteiger partial charge in [-0.25, -0.2) is 9.97 Å². The van der Waals surface area contributed by atoms with Gasteiger partial charge in [0.05, 0.1) is 16.6 Å². The lowest BCUT2D eigenvalue weighted by Crippen LogP contribution is -2.08. The Balaban J connectivity index is 1.77. The van der Waals surface area contributed by atoms with Crippen LogP contribution >= 0.6 is 22.7 Å². The molecule has 0 fully saturated rings. The molecule has 0 spiro atoms. The lowest BCUT2D eigenvalue weighted by molar-refractivity contribution is 0.969. The fourth-order valence-electron chi connectivity index (χ4n) is 1.77. The summed E-state index contributed by atoms with van der Waals surface area (Å²) in [6.07, 6.45) is 0.897. The summed E-state index contributed by atoms with van der Waals surface area (Å²) in [5, 5.41) is 11.5. The van der Waals surface area contributed by atoms with Crippen LogP contribution in [0.15, 0.2) is 22.3 Å². The summed E-state index contributed by atoms with van der Waals surface area (Å²) in [5.74, 6) is 1.52. The van der Waals surface area contributed by atoms with Gasteiger partial charge in [0.1, 0.15) is 10.6 Å². The Morgan fingerprint density at radius 1 is 1.32 bits per heavy atom. The zero-order valence-electron chi connectivity index (χ0n) is 10.4. The minimum absolute atomic E-state index is 0.645. The van der Waals surface area contributed by atoms with Crippen LogP contribution in [-0.4, -0.2) is 28.5 Å². The van der Waals surface area contributed by atoms with Gasteiger partial charge in [-0.1, -0.05) is 0 Å². The molecular weight excluding hydrogens is 278 g/mol. The number of fused-ring (bicyclic) bond motifs is 1. The second-order valence-electron chi connectivity index (χ2n) is 3.94. The molecule has 98 valence electrons. The predicted octanol–water partition coefficient (Wildman–Crippen LogP) is 2.84. The van der Waals surface area contributed by atoms with E-state index in [1.54, 1.807) is 22.7 Å². The minimum atomic E-state index is 0.645. The van der Waals surface area contributed by atoms with Crippen LogP contribution in [-0.2, 0) is 6.42 Å². The van der Waals surface area contributed by atoms with E-state index < -0.39 is 0 Å². The number of aromatic nitrogens is 3. The molecule has 0 radical (unpaired) electrons. The zero-order chi connectivity index (χ0) is 13.1. The van der Waals surface area contributed by atoms with Crippen molar-refractivity contribution in [2.24, 2.45) is 0 Å². The first-order chi connectivity index (χ1) is 9.36. The van der Waals surface area contributed by atoms with E-state index in [1.165, 1.54) is 0 Å². The van der Waals surface area contributed by atoms with E-state index in [-0.39, 0.29) is 0 Å². The number of nitrogens with zero attached hydrogens (tertiary/aromatic N) is 3. The topological polar surface area (TPSA) is 62.7 Å². The van der Waals surface area contributed by atoms with E-state index in [4.69, 9.17) is 0 Å². The molecule has 0 aliphatic rings. The molecule has 0 aromatic carbocycles. The molecule has 5 nitrogen and oxygen atoms in total. The quantitative estimate of drug-likeness (QED) is 0.757. The number of hydrogen-bond donors (Lipinski definition) is 2. The molecule has 3 aromatic heterocycles. The lowest BCUT2D eigenvalue weighted by Gasteiger charge is -2.07. The van der Waals surface area contributed by atoms with Gasteiger partial charge >= 0.3 is 0 Å². The van der Waals surface area contributed by atoms with E-state index in [2.05, 4.69) is 31.0 Å². The van der Waals surface area contributed by atoms with Crippen LogP contribution in [0.3, 0.4) is 0 Å². The maximum Gasteiger partial charge on any atom is 0.225 e. The standard InChI is InChI=1S/C12H13N5S2/c1-13-12-16-10(9-3-5-19-11(9)17-12)14-4-2-8-6-18-7-15-8/h3,5-7H,2,4H2,1H3,(H2,13,14,16,17). The second-order valence-corrected chi connectivity index (χ2v) is 5.56. The molecule has 7 heteroatoms. The maximum absolute atomic E-state index is 4.47. The van der Waals surface area contributed by atoms with Crippen molar-refractivity contribution in [3.05, 3.63) is 28.0 Å². The van der Waals surface area contributed by atoms with Crippen molar-refractivity contribution in [3.63, 3.8) is 0 Å². The maximum atomic E-state index is 4.47. The highest BCUT2D eigenvalue weighted by Crippen LogP contribution is 2.26. The Morgan fingerprint density at radius 3 is 3.05 bits per heavy atom. The van der Waals surface area contributed by atoms with Gasteiger partial charge in [0.25, 0.3) is 0 Å². The third-order valence-corrected chi connectivity index (χ3v) is 4.15. The molecule has 3 rings (SSSR count). The van der Waals surface area contributed by atoms with Gasteiger partial charge in [0, 0.05) is 25.4 Å². The summed E-state index contributed by atoms with van der Waals surface area (Å²) in [7, 11) is 1.83. The number of nitrogens with one attached hydrogen (secondary N) is 2. The number of hydrogen-bond acceptors (Lipinski definition) is 7. The van der Waals surface area contributed by atoms with Crippen molar-refractivity contribution < 1.29 is 0 Å². The highest BCUT2D eigenvalue weighted by atomic mass is 32.1. The molecule has 3 heterocycles. The van der Waals surface area contributed by atoms with Crippen molar-refractivity contribution in [2.45, 2.75) is 6.42 Å². The summed E-state index contributed by atoms with van der Waals surface area (Å²) in [4.78, 5) is 14.1. The van der Waals surface area contributed by atoms with Crippen LogP contribution in [0.2, 0.25) is 0 Å². The fraction of sp³-hybridized carbons (Fsp3) is 0.250. The zero-order valence-corrected chi connectivity index (χ0v) is 12.0. The third-order valence-electron chi connectivity index (χ3n) is 2.71. The lowest BCUT2D eigenvalue weighted by atomic mass is 10.3. The minimum Gasteiger partial charge on any atom is -0.369 e. The van der Waals surface area contributed by atoms with Gasteiger partial charge in [-0.3, -0.25) is 0 Å². The molecule has 0 bridgehead atoms. The van der Waals surface area contributed by atoms with Crippen molar-refractivity contribution in [2.75, 3.05) is 24.2 Å². The van der Waals surface area contributed by atoms with Gasteiger partial charge in [-0.15, -0.1) is 22.7 Å². The molecule has 2 N–H and O–H groups in total. The van der Waals surface area contributed by atoms with Crippen LogP contribution in [0, 0.1) is 0 Å². The molecule has 0 amide bonds. The van der Waals surface area contributed by atoms with Crippen LogP contribution < -0.4 is 10.6 Å². The largest absolute Gasteiger partial charge is 0.369 e. The van der Waals surface area contributed by atoms with E-state index >= 15 is 0 Å². The Kier molecular flexibility index (Phi) is 3.56. The van der Waals surface area contributed by atoms with Crippen molar-refractivity contribution in [3.8, 4) is 0 Å². The van der Waals surface area contributed by atoms with Gasteiger partial charge < -0.3 is 10.6 Å². The monoisotopic (exact) mass is 291 g/mol. The first-order valence-electron chi connectivity index (χ1n) is 5.91. The molecular formula is C12H13N5S2. The number of thiazole rings is 1. The van der Waals surface area contributed by atoms with Crippen LogP contribution in [0.5, 0.6) is 0 Å². The Labute approximate surface area is 118 Å². The number of thiophene rings is 1. The van der Waals surface area contributed by atoms with Gasteiger partial charge in [0.15, 0.2) is 0 Å². The summed E-state index contributed by atoms with van der Waals surface area (Å²) in [5.41, 5.74) is 2.97. The van der Waals surface area contributed by atoms with Gasteiger partial charge in [-0.05, 0) is 11.4 Å². The number of rotatable bonds is 5. The van der Waals surface area contributed by atoms with Crippen LogP contribution in [0.4, 0.5) is 11.8 Å². The Hall–Kier alpha value is -1.73. The molecule has 0 saturated carbocycles. The molecule has 0 aliphatic carbocycles. The molecule has 0 unspecified atom stereocenters. The van der Waals surface area contributed by atoms with E-state index in [0.717, 1.165) is 34.7 Å². The first kappa shape index (κ1) is 12.3. The highest BCUT2D eigenvalue weighted by molar-refractivity contribution is 7.16. The van der Waals surface area contributed by atoms with E-state index in [0.29, 0.717) is 5.95 Å². The summed E-state index contributed by atoms with van der Waals surface area (Å²) < 4.78 is 0. The molecule has 3 aromatic rings. The Bertz CT molecular complexity index is 662. The van der Waals surface area contributed by atoms with Gasteiger partial charge in [-0.2, -0.15) is 4.98 Å². The molecule has 0 atom stereocenters. The van der Waals surface area contributed by atoms with E-state index in [9.17, 15) is 0 Å². The predicted molar refractivity (Wildman–Crippen MR) is 81.3 cm³/mol. The van der Waals surface area contributed by atoms with Crippen LogP contribution in [0.25, 0.3) is 10.2 Å². The third kappa shape index (κ3) is 2.66. The SMILES string of the molecule is CNc1nc(NCCc2cscn2)c2ccsc2n1. The normalized spacial score (nSPS) is 10.8. The summed E-state index contributed by atoms with van der Waals surface area (Å²) in [6.45, 7) is 0.814. The van der Waals surface area contributed by atoms with Gasteiger partial charge in [0.2, 0.25) is 5.95 Å². The van der Waals surface area contributed by atoms with Crippen molar-refractivity contribution in [1.82, 2.24) is 15.0 Å². The van der Waals surface area contributed by atoms with Crippen molar-refractivity contribution >= 4 is 44.7 Å².